The second kappa shape index (κ2) is 6.33. The molecule has 1 atom stereocenters. The van der Waals surface area contributed by atoms with E-state index < -0.39 is 11.9 Å². The van der Waals surface area contributed by atoms with Crippen molar-refractivity contribution in [2.24, 2.45) is 0 Å². The minimum Gasteiger partial charge on any atom is -0.478 e. The third-order valence-corrected chi connectivity index (χ3v) is 2.93. The van der Waals surface area contributed by atoms with Gasteiger partial charge in [0.1, 0.15) is 0 Å². The van der Waals surface area contributed by atoms with Crippen molar-refractivity contribution in [3.63, 3.8) is 0 Å². The molecule has 1 heterocycles. The standard InChI is InChI=1S/C14H16O5/c15-13(16)11-6-1-2-7-12(11)14(17)18-8-4-3-5-10-9-19-10/h1-2,6-7,10H,3-5,8-9H2,(H,15,16). The van der Waals surface area contributed by atoms with E-state index in [0.717, 1.165) is 25.9 Å². The largest absolute Gasteiger partial charge is 0.478 e. The van der Waals surface area contributed by atoms with Gasteiger partial charge in [-0.2, -0.15) is 0 Å². The van der Waals surface area contributed by atoms with Crippen molar-refractivity contribution < 1.29 is 24.2 Å². The van der Waals surface area contributed by atoms with Crippen LogP contribution in [0.25, 0.3) is 0 Å². The SMILES string of the molecule is O=C(O)c1ccccc1C(=O)OCCCCC1CO1. The normalized spacial score (nSPS) is 16.9. The Morgan fingerprint density at radius 2 is 1.95 bits per heavy atom. The third kappa shape index (κ3) is 4.06. The first-order chi connectivity index (χ1) is 9.18. The minimum atomic E-state index is -1.13. The average molecular weight is 264 g/mol. The summed E-state index contributed by atoms with van der Waals surface area (Å²) in [6, 6.07) is 6.05. The highest BCUT2D eigenvalue weighted by Crippen LogP contribution is 2.16. The number of benzene rings is 1. The number of ether oxygens (including phenoxy) is 2. The molecule has 0 aliphatic carbocycles. The molecule has 1 unspecified atom stereocenters. The number of rotatable bonds is 7. The maximum atomic E-state index is 11.8. The van der Waals surface area contributed by atoms with Gasteiger partial charge in [-0.05, 0) is 31.4 Å². The third-order valence-electron chi connectivity index (χ3n) is 2.93. The second-order valence-corrected chi connectivity index (χ2v) is 4.44. The molecule has 0 spiro atoms. The zero-order valence-electron chi connectivity index (χ0n) is 10.5. The lowest BCUT2D eigenvalue weighted by molar-refractivity contribution is 0.0487. The quantitative estimate of drug-likeness (QED) is 0.463. The minimum absolute atomic E-state index is 0.0288. The molecule has 0 amide bonds. The molecule has 1 aliphatic rings. The van der Waals surface area contributed by atoms with E-state index in [-0.39, 0.29) is 11.1 Å². The highest BCUT2D eigenvalue weighted by atomic mass is 16.6. The number of carboxylic acid groups (broad SMARTS) is 1. The number of carboxylic acids is 1. The van der Waals surface area contributed by atoms with E-state index in [1.807, 2.05) is 0 Å². The van der Waals surface area contributed by atoms with Gasteiger partial charge >= 0.3 is 11.9 Å². The Labute approximate surface area is 111 Å². The number of unbranched alkanes of at least 4 members (excludes halogenated alkanes) is 1. The zero-order valence-corrected chi connectivity index (χ0v) is 10.5. The second-order valence-electron chi connectivity index (χ2n) is 4.44. The fourth-order valence-electron chi connectivity index (χ4n) is 1.80. The predicted molar refractivity (Wildman–Crippen MR) is 67.3 cm³/mol. The fraction of sp³-hybridized carbons (Fsp3) is 0.429. The lowest BCUT2D eigenvalue weighted by atomic mass is 10.1. The van der Waals surface area contributed by atoms with Crippen LogP contribution < -0.4 is 0 Å². The molecule has 19 heavy (non-hydrogen) atoms. The summed E-state index contributed by atoms with van der Waals surface area (Å²) in [6.45, 7) is 1.14. The molecule has 1 saturated heterocycles. The van der Waals surface area contributed by atoms with Gasteiger partial charge in [0.25, 0.3) is 0 Å². The summed E-state index contributed by atoms with van der Waals surface area (Å²) in [5.41, 5.74) is 0.0689. The van der Waals surface area contributed by atoms with E-state index in [9.17, 15) is 9.59 Å². The highest BCUT2D eigenvalue weighted by Gasteiger charge is 2.21. The number of epoxide rings is 1. The molecule has 1 aromatic carbocycles. The van der Waals surface area contributed by atoms with Gasteiger partial charge in [-0.1, -0.05) is 12.1 Å². The molecule has 2 rings (SSSR count). The van der Waals surface area contributed by atoms with E-state index in [2.05, 4.69) is 0 Å². The van der Waals surface area contributed by atoms with Crippen LogP contribution >= 0.6 is 0 Å². The van der Waals surface area contributed by atoms with Crippen LogP contribution in [0.15, 0.2) is 24.3 Å². The highest BCUT2D eigenvalue weighted by molar-refractivity contribution is 6.02. The smallest absolute Gasteiger partial charge is 0.339 e. The van der Waals surface area contributed by atoms with Gasteiger partial charge in [0.15, 0.2) is 0 Å². The summed E-state index contributed by atoms with van der Waals surface area (Å²) in [6.07, 6.45) is 3.09. The van der Waals surface area contributed by atoms with Crippen LogP contribution in [-0.4, -0.2) is 36.4 Å². The molecule has 1 aromatic rings. The summed E-state index contributed by atoms with van der Waals surface area (Å²) in [5.74, 6) is -1.71. The first-order valence-corrected chi connectivity index (χ1v) is 6.29. The number of esters is 1. The lowest BCUT2D eigenvalue weighted by Crippen LogP contribution is -2.12. The molecule has 1 fully saturated rings. The molecule has 0 radical (unpaired) electrons. The van der Waals surface area contributed by atoms with Crippen LogP contribution in [0.1, 0.15) is 40.0 Å². The lowest BCUT2D eigenvalue weighted by Gasteiger charge is -2.06. The number of carbonyl (C=O) groups excluding carboxylic acids is 1. The molecule has 5 heteroatoms. The summed E-state index contributed by atoms with van der Waals surface area (Å²) in [7, 11) is 0. The first kappa shape index (κ1) is 13.5. The van der Waals surface area contributed by atoms with E-state index in [1.54, 1.807) is 12.1 Å². The maximum Gasteiger partial charge on any atom is 0.339 e. The summed E-state index contributed by atoms with van der Waals surface area (Å²) in [4.78, 5) is 22.7. The summed E-state index contributed by atoms with van der Waals surface area (Å²) >= 11 is 0. The molecular formula is C14H16O5. The molecule has 5 nitrogen and oxygen atoms in total. The van der Waals surface area contributed by atoms with Crippen LogP contribution in [0.3, 0.4) is 0 Å². The maximum absolute atomic E-state index is 11.8. The molecular weight excluding hydrogens is 248 g/mol. The Kier molecular flexibility index (Phi) is 4.52. The number of carbonyl (C=O) groups is 2. The van der Waals surface area contributed by atoms with E-state index >= 15 is 0 Å². The Morgan fingerprint density at radius 1 is 1.26 bits per heavy atom. The van der Waals surface area contributed by atoms with Crippen molar-refractivity contribution >= 4 is 11.9 Å². The van der Waals surface area contributed by atoms with Crippen molar-refractivity contribution in [2.75, 3.05) is 13.2 Å². The summed E-state index contributed by atoms with van der Waals surface area (Å²) in [5, 5.41) is 8.97. The van der Waals surface area contributed by atoms with Crippen molar-refractivity contribution in [3.8, 4) is 0 Å². The first-order valence-electron chi connectivity index (χ1n) is 6.29. The molecule has 0 aromatic heterocycles. The van der Waals surface area contributed by atoms with Crippen LogP contribution in [-0.2, 0) is 9.47 Å². The number of hydrogen-bond donors (Lipinski definition) is 1. The van der Waals surface area contributed by atoms with Crippen LogP contribution in [0.5, 0.6) is 0 Å². The van der Waals surface area contributed by atoms with Crippen LogP contribution in [0.2, 0.25) is 0 Å². The Bertz CT molecular complexity index is 465. The summed E-state index contributed by atoms with van der Waals surface area (Å²) < 4.78 is 10.2. The Morgan fingerprint density at radius 3 is 2.58 bits per heavy atom. The Balaban J connectivity index is 1.79. The van der Waals surface area contributed by atoms with Crippen molar-refractivity contribution in [1.29, 1.82) is 0 Å². The van der Waals surface area contributed by atoms with Gasteiger partial charge in [-0.25, -0.2) is 9.59 Å². The number of aromatic carboxylic acids is 1. The van der Waals surface area contributed by atoms with Gasteiger partial charge in [0, 0.05) is 0 Å². The zero-order chi connectivity index (χ0) is 13.7. The van der Waals surface area contributed by atoms with E-state index in [1.165, 1.54) is 12.1 Å². The van der Waals surface area contributed by atoms with Gasteiger partial charge in [0.2, 0.25) is 0 Å². The van der Waals surface area contributed by atoms with Gasteiger partial charge < -0.3 is 14.6 Å². The predicted octanol–water partition coefficient (Wildman–Crippen LogP) is 2.11. The van der Waals surface area contributed by atoms with E-state index in [0.29, 0.717) is 12.7 Å². The molecule has 1 N–H and O–H groups in total. The topological polar surface area (TPSA) is 76.1 Å². The molecule has 1 aliphatic heterocycles. The molecule has 0 bridgehead atoms. The fourth-order valence-corrected chi connectivity index (χ4v) is 1.80. The molecule has 0 saturated carbocycles. The molecule has 102 valence electrons. The van der Waals surface area contributed by atoms with Crippen molar-refractivity contribution in [3.05, 3.63) is 35.4 Å². The Hall–Kier alpha value is -1.88. The number of hydrogen-bond acceptors (Lipinski definition) is 4. The van der Waals surface area contributed by atoms with Gasteiger partial charge in [-0.15, -0.1) is 0 Å². The van der Waals surface area contributed by atoms with Crippen molar-refractivity contribution in [1.82, 2.24) is 0 Å². The average Bonchev–Trinajstić information content (AvgIpc) is 3.22. The van der Waals surface area contributed by atoms with Gasteiger partial charge in [-0.3, -0.25) is 0 Å². The van der Waals surface area contributed by atoms with E-state index in [4.69, 9.17) is 14.6 Å². The van der Waals surface area contributed by atoms with Crippen LogP contribution in [0.4, 0.5) is 0 Å². The van der Waals surface area contributed by atoms with Crippen LogP contribution in [0, 0.1) is 0 Å². The van der Waals surface area contributed by atoms with Crippen molar-refractivity contribution in [2.45, 2.75) is 25.4 Å². The van der Waals surface area contributed by atoms with Gasteiger partial charge in [0.05, 0.1) is 30.4 Å². The monoisotopic (exact) mass is 264 g/mol.